The van der Waals surface area contributed by atoms with Gasteiger partial charge in [0.2, 0.25) is 10.0 Å². The Morgan fingerprint density at radius 3 is 2.59 bits per heavy atom. The predicted molar refractivity (Wildman–Crippen MR) is 65.0 cm³/mol. The highest BCUT2D eigenvalue weighted by molar-refractivity contribution is 7.90. The summed E-state index contributed by atoms with van der Waals surface area (Å²) in [4.78, 5) is 11.0. The molecule has 0 radical (unpaired) electrons. The molecule has 0 unspecified atom stereocenters. The first-order valence-corrected chi connectivity index (χ1v) is 7.75. The number of esters is 1. The molecule has 5 nitrogen and oxygen atoms in total. The minimum atomic E-state index is -3.17. The topological polar surface area (TPSA) is 72.5 Å². The molecule has 1 fully saturated rings. The van der Waals surface area contributed by atoms with E-state index in [1.807, 2.05) is 0 Å². The summed E-state index contributed by atoms with van der Waals surface area (Å²) in [5, 5.41) is -0.231. The van der Waals surface area contributed by atoms with Crippen LogP contribution in [0.2, 0.25) is 0 Å². The second kappa shape index (κ2) is 6.96. The maximum absolute atomic E-state index is 11.8. The van der Waals surface area contributed by atoms with E-state index in [2.05, 4.69) is 4.72 Å². The average Bonchev–Trinajstić information content (AvgIpc) is 2.79. The molecule has 0 amide bonds. The lowest BCUT2D eigenvalue weighted by atomic mass is 10.3. The van der Waals surface area contributed by atoms with Crippen LogP contribution in [0.5, 0.6) is 0 Å². The van der Waals surface area contributed by atoms with Crippen LogP contribution in [0.4, 0.5) is 0 Å². The number of ether oxygens (including phenoxy) is 1. The third-order valence-corrected chi connectivity index (χ3v) is 4.86. The molecule has 1 rings (SSSR count). The molecule has 6 heteroatoms. The van der Waals surface area contributed by atoms with Crippen LogP contribution in [0.15, 0.2) is 0 Å². The van der Waals surface area contributed by atoms with Crippen molar-refractivity contribution in [1.29, 1.82) is 0 Å². The van der Waals surface area contributed by atoms with Crippen LogP contribution in [-0.4, -0.2) is 32.8 Å². The van der Waals surface area contributed by atoms with Crippen molar-refractivity contribution in [2.75, 3.05) is 13.2 Å². The van der Waals surface area contributed by atoms with Gasteiger partial charge in [0.15, 0.2) is 0 Å². The van der Waals surface area contributed by atoms with Gasteiger partial charge in [-0.2, -0.15) is 0 Å². The van der Waals surface area contributed by atoms with E-state index in [9.17, 15) is 13.2 Å². The normalized spacial score (nSPS) is 17.2. The van der Waals surface area contributed by atoms with Gasteiger partial charge < -0.3 is 4.74 Å². The van der Waals surface area contributed by atoms with Crippen molar-refractivity contribution < 1.29 is 17.9 Å². The van der Waals surface area contributed by atoms with Gasteiger partial charge in [0, 0.05) is 13.0 Å². The minimum absolute atomic E-state index is 0.231. The summed E-state index contributed by atoms with van der Waals surface area (Å²) < 4.78 is 30.9. The van der Waals surface area contributed by atoms with Gasteiger partial charge in [-0.15, -0.1) is 0 Å². The Morgan fingerprint density at radius 2 is 2.00 bits per heavy atom. The van der Waals surface area contributed by atoms with Crippen molar-refractivity contribution in [3.8, 4) is 0 Å². The average molecular weight is 263 g/mol. The number of hydrogen-bond donors (Lipinski definition) is 1. The second-order valence-corrected chi connectivity index (χ2v) is 6.30. The molecule has 1 N–H and O–H groups in total. The summed E-state index contributed by atoms with van der Waals surface area (Å²) >= 11 is 0. The van der Waals surface area contributed by atoms with Crippen molar-refractivity contribution in [3.05, 3.63) is 0 Å². The van der Waals surface area contributed by atoms with Gasteiger partial charge in [-0.05, 0) is 26.2 Å². The minimum Gasteiger partial charge on any atom is -0.466 e. The lowest BCUT2D eigenvalue weighted by Gasteiger charge is -2.11. The van der Waals surface area contributed by atoms with Gasteiger partial charge in [0.25, 0.3) is 0 Å². The van der Waals surface area contributed by atoms with Gasteiger partial charge >= 0.3 is 5.97 Å². The summed E-state index contributed by atoms with van der Waals surface area (Å²) in [5.41, 5.74) is 0. The van der Waals surface area contributed by atoms with Gasteiger partial charge in [0.05, 0.1) is 11.9 Å². The molecule has 0 aromatic heterocycles. The van der Waals surface area contributed by atoms with Crippen LogP contribution in [0.3, 0.4) is 0 Å². The molecule has 1 aliphatic carbocycles. The Morgan fingerprint density at radius 1 is 1.35 bits per heavy atom. The molecule has 0 saturated heterocycles. The highest BCUT2D eigenvalue weighted by atomic mass is 32.2. The van der Waals surface area contributed by atoms with Crippen LogP contribution in [-0.2, 0) is 19.6 Å². The summed E-state index contributed by atoms with van der Waals surface area (Å²) in [6.45, 7) is 2.44. The summed E-state index contributed by atoms with van der Waals surface area (Å²) in [6, 6.07) is 0. The van der Waals surface area contributed by atoms with Crippen molar-refractivity contribution in [3.63, 3.8) is 0 Å². The number of sulfonamides is 1. The number of nitrogens with one attached hydrogen (secondary N) is 1. The third-order valence-electron chi connectivity index (χ3n) is 2.91. The van der Waals surface area contributed by atoms with E-state index in [-0.39, 0.29) is 17.6 Å². The first-order chi connectivity index (χ1) is 8.06. The highest BCUT2D eigenvalue weighted by Crippen LogP contribution is 2.23. The number of carbonyl (C=O) groups is 1. The second-order valence-electron chi connectivity index (χ2n) is 4.25. The van der Waals surface area contributed by atoms with E-state index in [0.717, 1.165) is 25.7 Å². The molecule has 0 spiro atoms. The lowest BCUT2D eigenvalue weighted by Crippen LogP contribution is -2.33. The van der Waals surface area contributed by atoms with E-state index in [0.29, 0.717) is 19.6 Å². The zero-order chi connectivity index (χ0) is 12.7. The van der Waals surface area contributed by atoms with Gasteiger partial charge in [-0.1, -0.05) is 12.8 Å². The van der Waals surface area contributed by atoms with Crippen LogP contribution in [0.1, 0.15) is 45.4 Å². The maximum atomic E-state index is 11.8. The molecule has 0 atom stereocenters. The Hall–Kier alpha value is -0.620. The molecule has 0 aliphatic heterocycles. The Bertz CT molecular complexity index is 333. The van der Waals surface area contributed by atoms with Crippen molar-refractivity contribution in [2.45, 2.75) is 50.7 Å². The fourth-order valence-electron chi connectivity index (χ4n) is 2.00. The molecule has 1 aliphatic rings. The lowest BCUT2D eigenvalue weighted by molar-refractivity contribution is -0.143. The fourth-order valence-corrected chi connectivity index (χ4v) is 3.62. The third kappa shape index (κ3) is 5.04. The molecule has 17 heavy (non-hydrogen) atoms. The van der Waals surface area contributed by atoms with Gasteiger partial charge in [-0.3, -0.25) is 4.79 Å². The quantitative estimate of drug-likeness (QED) is 0.553. The van der Waals surface area contributed by atoms with Crippen LogP contribution >= 0.6 is 0 Å². The summed E-state index contributed by atoms with van der Waals surface area (Å²) in [5.74, 6) is -0.271. The standard InChI is InChI=1S/C11H21NO4S/c1-2-16-11(13)8-5-9-12-17(14,15)10-6-3-4-7-10/h10,12H,2-9H2,1H3. The zero-order valence-electron chi connectivity index (χ0n) is 10.3. The SMILES string of the molecule is CCOC(=O)CCCNS(=O)(=O)C1CCCC1. The van der Waals surface area contributed by atoms with E-state index < -0.39 is 10.0 Å². The smallest absolute Gasteiger partial charge is 0.305 e. The van der Waals surface area contributed by atoms with Crippen LogP contribution in [0, 0.1) is 0 Å². The van der Waals surface area contributed by atoms with Crippen molar-refractivity contribution in [2.24, 2.45) is 0 Å². The molecule has 0 aromatic carbocycles. The van der Waals surface area contributed by atoms with Crippen LogP contribution in [0.25, 0.3) is 0 Å². The molecule has 1 saturated carbocycles. The van der Waals surface area contributed by atoms with Gasteiger partial charge in [0.1, 0.15) is 0 Å². The fraction of sp³-hybridized carbons (Fsp3) is 0.909. The Kier molecular flexibility index (Phi) is 5.91. The van der Waals surface area contributed by atoms with E-state index in [4.69, 9.17) is 4.74 Å². The number of rotatable bonds is 7. The van der Waals surface area contributed by atoms with Gasteiger partial charge in [-0.25, -0.2) is 13.1 Å². The Balaban J connectivity index is 2.19. The van der Waals surface area contributed by atoms with E-state index in [1.54, 1.807) is 6.92 Å². The molecule has 0 bridgehead atoms. The zero-order valence-corrected chi connectivity index (χ0v) is 11.1. The van der Waals surface area contributed by atoms with Crippen LogP contribution < -0.4 is 4.72 Å². The first kappa shape index (κ1) is 14.4. The molecule has 0 heterocycles. The predicted octanol–water partition coefficient (Wildman–Crippen LogP) is 1.19. The molecule has 100 valence electrons. The molecular weight excluding hydrogens is 242 g/mol. The highest BCUT2D eigenvalue weighted by Gasteiger charge is 2.27. The van der Waals surface area contributed by atoms with Crippen molar-refractivity contribution >= 4 is 16.0 Å². The Labute approximate surface area is 103 Å². The van der Waals surface area contributed by atoms with Crippen molar-refractivity contribution in [1.82, 2.24) is 4.72 Å². The molecular formula is C11H21NO4S. The van der Waals surface area contributed by atoms with E-state index in [1.165, 1.54) is 0 Å². The number of carbonyl (C=O) groups excluding carboxylic acids is 1. The largest absolute Gasteiger partial charge is 0.466 e. The maximum Gasteiger partial charge on any atom is 0.305 e. The van der Waals surface area contributed by atoms with E-state index >= 15 is 0 Å². The summed E-state index contributed by atoms with van der Waals surface area (Å²) in [7, 11) is -3.17. The first-order valence-electron chi connectivity index (χ1n) is 6.20. The monoisotopic (exact) mass is 263 g/mol. The molecule has 0 aromatic rings. The summed E-state index contributed by atoms with van der Waals surface area (Å²) in [6.07, 6.45) is 4.26. The number of hydrogen-bond acceptors (Lipinski definition) is 4.